The molecule has 0 N–H and O–H groups in total. The fraction of sp³-hybridized carbons (Fsp3) is 0.944. The summed E-state index contributed by atoms with van der Waals surface area (Å²) in [6.07, 6.45) is 20.8. The van der Waals surface area contributed by atoms with Crippen molar-refractivity contribution in [3.63, 3.8) is 0 Å². The first-order valence-corrected chi connectivity index (χ1v) is 9.77. The van der Waals surface area contributed by atoms with Gasteiger partial charge in [0.05, 0.1) is 0 Å². The van der Waals surface area contributed by atoms with E-state index in [1.54, 1.807) is 0 Å². The summed E-state index contributed by atoms with van der Waals surface area (Å²) in [5, 5.41) is 0. The monoisotopic (exact) mass is 362 g/mol. The van der Waals surface area contributed by atoms with Gasteiger partial charge in [-0.3, -0.25) is 4.79 Å². The Kier molecular flexibility index (Phi) is 18.0. The van der Waals surface area contributed by atoms with Crippen LogP contribution in [0.15, 0.2) is 0 Å². The number of carbonyl (C=O) groups is 1. The molecule has 0 fully saturated rings. The maximum atomic E-state index is 10.9. The van der Waals surface area contributed by atoms with Crippen LogP contribution in [-0.4, -0.2) is 5.97 Å². The summed E-state index contributed by atoms with van der Waals surface area (Å²) >= 11 is 2.71. The number of halogens is 1. The summed E-state index contributed by atoms with van der Waals surface area (Å²) in [7, 11) is 0. The normalized spacial score (nSPS) is 10.8. The van der Waals surface area contributed by atoms with Crippen LogP contribution in [-0.2, 0) is 8.62 Å². The second-order valence-electron chi connectivity index (χ2n) is 6.15. The molecular formula is C18H35BrO2. The van der Waals surface area contributed by atoms with E-state index in [9.17, 15) is 4.79 Å². The van der Waals surface area contributed by atoms with Crippen molar-refractivity contribution in [3.05, 3.63) is 0 Å². The fourth-order valence-corrected chi connectivity index (χ4v) is 2.84. The van der Waals surface area contributed by atoms with Crippen molar-refractivity contribution >= 4 is 22.2 Å². The number of hydrogen-bond acceptors (Lipinski definition) is 2. The molecule has 0 saturated heterocycles. The van der Waals surface area contributed by atoms with E-state index < -0.39 is 0 Å². The largest absolute Gasteiger partial charge is 0.384 e. The van der Waals surface area contributed by atoms with Crippen LogP contribution < -0.4 is 0 Å². The topological polar surface area (TPSA) is 26.3 Å². The fourth-order valence-electron chi connectivity index (χ4n) is 2.68. The molecule has 0 heterocycles. The molecule has 21 heavy (non-hydrogen) atoms. The Morgan fingerprint density at radius 2 is 1.00 bits per heavy atom. The van der Waals surface area contributed by atoms with E-state index >= 15 is 0 Å². The Morgan fingerprint density at radius 3 is 1.33 bits per heavy atom. The lowest BCUT2D eigenvalue weighted by molar-refractivity contribution is -0.132. The number of rotatable bonds is 16. The van der Waals surface area contributed by atoms with Crippen LogP contribution in [0.3, 0.4) is 0 Å². The molecule has 0 aliphatic heterocycles. The number of unbranched alkanes of at least 4 members (excludes halogenated alkanes) is 14. The van der Waals surface area contributed by atoms with Gasteiger partial charge in [0.15, 0.2) is 16.3 Å². The van der Waals surface area contributed by atoms with Crippen molar-refractivity contribution in [3.8, 4) is 0 Å². The maximum absolute atomic E-state index is 10.9. The summed E-state index contributed by atoms with van der Waals surface area (Å²) in [5.41, 5.74) is 0. The molecule has 0 aromatic heterocycles. The first-order valence-electron chi connectivity index (χ1n) is 9.12. The zero-order chi connectivity index (χ0) is 15.6. The Bertz CT molecular complexity index is 219. The Morgan fingerprint density at radius 1 is 0.667 bits per heavy atom. The van der Waals surface area contributed by atoms with E-state index in [1.165, 1.54) is 83.5 Å². The number of hydrogen-bond donors (Lipinski definition) is 0. The van der Waals surface area contributed by atoms with Crippen LogP contribution >= 0.6 is 16.3 Å². The lowest BCUT2D eigenvalue weighted by atomic mass is 10.0. The highest BCUT2D eigenvalue weighted by atomic mass is 79.9. The molecule has 0 saturated carbocycles. The van der Waals surface area contributed by atoms with Gasteiger partial charge in [0.2, 0.25) is 0 Å². The minimum absolute atomic E-state index is 0.148. The minimum Gasteiger partial charge on any atom is -0.384 e. The molecule has 0 amide bonds. The zero-order valence-electron chi connectivity index (χ0n) is 14.0. The van der Waals surface area contributed by atoms with Gasteiger partial charge in [0, 0.05) is 6.42 Å². The summed E-state index contributed by atoms with van der Waals surface area (Å²) in [6, 6.07) is 0. The quantitative estimate of drug-likeness (QED) is 0.273. The van der Waals surface area contributed by atoms with Gasteiger partial charge in [-0.25, -0.2) is 0 Å². The van der Waals surface area contributed by atoms with Crippen LogP contribution in [0.4, 0.5) is 0 Å². The van der Waals surface area contributed by atoms with Gasteiger partial charge < -0.3 is 3.83 Å². The minimum atomic E-state index is -0.148. The molecule has 2 nitrogen and oxygen atoms in total. The third-order valence-corrected chi connectivity index (χ3v) is 4.43. The molecule has 0 unspecified atom stereocenters. The van der Waals surface area contributed by atoms with Gasteiger partial charge in [-0.05, 0) is 6.42 Å². The van der Waals surface area contributed by atoms with Gasteiger partial charge in [0.1, 0.15) is 0 Å². The van der Waals surface area contributed by atoms with Crippen molar-refractivity contribution in [1.29, 1.82) is 0 Å². The van der Waals surface area contributed by atoms with Crippen molar-refractivity contribution in [2.24, 2.45) is 0 Å². The molecular weight excluding hydrogens is 328 g/mol. The lowest BCUT2D eigenvalue weighted by Gasteiger charge is -2.03. The zero-order valence-corrected chi connectivity index (χ0v) is 15.6. The first-order chi connectivity index (χ1) is 10.3. The van der Waals surface area contributed by atoms with E-state index in [4.69, 9.17) is 0 Å². The van der Waals surface area contributed by atoms with Crippen molar-refractivity contribution in [1.82, 2.24) is 0 Å². The molecule has 0 aliphatic rings. The molecule has 0 aromatic rings. The summed E-state index contributed by atoms with van der Waals surface area (Å²) in [6.45, 7) is 2.28. The van der Waals surface area contributed by atoms with Gasteiger partial charge in [0.25, 0.3) is 0 Å². The Hall–Kier alpha value is -0.0500. The third kappa shape index (κ3) is 17.9. The van der Waals surface area contributed by atoms with E-state index in [2.05, 4.69) is 27.0 Å². The number of carbonyl (C=O) groups excluding carboxylic acids is 1. The summed E-state index contributed by atoms with van der Waals surface area (Å²) < 4.78 is 4.44. The van der Waals surface area contributed by atoms with Crippen LogP contribution in [0, 0.1) is 0 Å². The molecule has 3 heteroatoms. The molecule has 0 spiro atoms. The van der Waals surface area contributed by atoms with Crippen LogP contribution in [0.1, 0.15) is 110 Å². The molecule has 0 radical (unpaired) electrons. The van der Waals surface area contributed by atoms with E-state index in [0.717, 1.165) is 12.8 Å². The van der Waals surface area contributed by atoms with Gasteiger partial charge >= 0.3 is 5.97 Å². The highest BCUT2D eigenvalue weighted by Gasteiger charge is 2.00. The smallest absolute Gasteiger partial charge is 0.317 e. The lowest BCUT2D eigenvalue weighted by Crippen LogP contribution is -1.95. The van der Waals surface area contributed by atoms with Gasteiger partial charge in [-0.1, -0.05) is 96.8 Å². The predicted octanol–water partition coefficient (Wildman–Crippen LogP) is 7.10. The third-order valence-electron chi connectivity index (χ3n) is 4.07. The SMILES string of the molecule is CCCCCCCCCCCCCCCCCC(=O)OBr. The average molecular weight is 363 g/mol. The van der Waals surface area contributed by atoms with Crippen molar-refractivity contribution in [2.75, 3.05) is 0 Å². The molecule has 0 rings (SSSR count). The second-order valence-corrected chi connectivity index (χ2v) is 6.47. The van der Waals surface area contributed by atoms with Crippen LogP contribution in [0.25, 0.3) is 0 Å². The van der Waals surface area contributed by atoms with Gasteiger partial charge in [-0.2, -0.15) is 0 Å². The molecule has 0 aliphatic carbocycles. The first kappa shape index (κ1) is 20.9. The standard InChI is InChI=1S/C18H35BrO2/c1-2-3-4-5-6-7-8-9-10-11-12-13-14-15-16-17-18(20)21-19/h2-17H2,1H3. The Labute approximate surface area is 140 Å². The van der Waals surface area contributed by atoms with Crippen LogP contribution in [0.2, 0.25) is 0 Å². The van der Waals surface area contributed by atoms with E-state index in [0.29, 0.717) is 6.42 Å². The summed E-state index contributed by atoms with van der Waals surface area (Å²) in [4.78, 5) is 10.9. The predicted molar refractivity (Wildman–Crippen MR) is 94.6 cm³/mol. The second kappa shape index (κ2) is 18.0. The summed E-state index contributed by atoms with van der Waals surface area (Å²) in [5.74, 6) is -0.148. The van der Waals surface area contributed by atoms with Crippen molar-refractivity contribution in [2.45, 2.75) is 110 Å². The molecule has 126 valence electrons. The maximum Gasteiger partial charge on any atom is 0.317 e. The Balaban J connectivity index is 2.98. The van der Waals surface area contributed by atoms with E-state index in [1.807, 2.05) is 0 Å². The molecule has 0 bridgehead atoms. The molecule has 0 atom stereocenters. The molecule has 0 aromatic carbocycles. The van der Waals surface area contributed by atoms with Crippen molar-refractivity contribution < 1.29 is 8.62 Å². The average Bonchev–Trinajstić information content (AvgIpc) is 2.50. The van der Waals surface area contributed by atoms with Crippen LogP contribution in [0.5, 0.6) is 0 Å². The van der Waals surface area contributed by atoms with E-state index in [-0.39, 0.29) is 5.97 Å². The van der Waals surface area contributed by atoms with Gasteiger partial charge in [-0.15, -0.1) is 0 Å². The highest BCUT2D eigenvalue weighted by molar-refractivity contribution is 9.06. The highest BCUT2D eigenvalue weighted by Crippen LogP contribution is 2.13.